The number of unbranched alkanes of at least 4 members (excludes halogenated alkanes) is 2. The Hall–Kier alpha value is -0.890. The highest BCUT2D eigenvalue weighted by atomic mass is 19.1. The second kappa shape index (κ2) is 6.33. The predicted molar refractivity (Wildman–Crippen MR) is 74.5 cm³/mol. The van der Waals surface area contributed by atoms with Crippen LogP contribution in [-0.4, -0.2) is 12.6 Å². The van der Waals surface area contributed by atoms with Crippen LogP contribution in [0.3, 0.4) is 0 Å². The summed E-state index contributed by atoms with van der Waals surface area (Å²) in [5, 5.41) is 3.54. The summed E-state index contributed by atoms with van der Waals surface area (Å²) in [7, 11) is 0. The van der Waals surface area contributed by atoms with E-state index in [-0.39, 0.29) is 5.82 Å². The average molecular weight is 249 g/mol. The van der Waals surface area contributed by atoms with Crippen molar-refractivity contribution in [3.63, 3.8) is 0 Å². The van der Waals surface area contributed by atoms with Gasteiger partial charge in [0.15, 0.2) is 0 Å². The van der Waals surface area contributed by atoms with Crippen LogP contribution in [0.5, 0.6) is 0 Å². The maximum Gasteiger partial charge on any atom is 0.123 e. The summed E-state index contributed by atoms with van der Waals surface area (Å²) in [5.41, 5.74) is 3.54. The van der Waals surface area contributed by atoms with Crippen LogP contribution >= 0.6 is 0 Å². The molecule has 1 fully saturated rings. The monoisotopic (exact) mass is 249 g/mol. The van der Waals surface area contributed by atoms with E-state index in [0.717, 1.165) is 30.1 Å². The molecular weight excluding hydrogens is 225 g/mol. The number of hydrogen-bond acceptors (Lipinski definition) is 1. The summed E-state index contributed by atoms with van der Waals surface area (Å²) in [6.07, 6.45) is 7.55. The molecule has 0 unspecified atom stereocenters. The van der Waals surface area contributed by atoms with Gasteiger partial charge in [0.25, 0.3) is 0 Å². The lowest BCUT2D eigenvalue weighted by atomic mass is 9.97. The molecule has 18 heavy (non-hydrogen) atoms. The molecule has 1 saturated carbocycles. The predicted octanol–water partition coefficient (Wildman–Crippen LogP) is 3.91. The van der Waals surface area contributed by atoms with Gasteiger partial charge in [0.1, 0.15) is 5.82 Å². The third kappa shape index (κ3) is 4.09. The van der Waals surface area contributed by atoms with Gasteiger partial charge in [0.05, 0.1) is 0 Å². The van der Waals surface area contributed by atoms with Crippen LogP contribution in [0.1, 0.15) is 48.8 Å². The van der Waals surface area contributed by atoms with Gasteiger partial charge in [-0.1, -0.05) is 6.42 Å². The first-order valence-corrected chi connectivity index (χ1v) is 7.16. The molecule has 0 heterocycles. The largest absolute Gasteiger partial charge is 0.314 e. The standard InChI is InChI=1S/C16H24FN/c1-12-10-14(17)11-13(2)16(12)6-4-3-5-9-18-15-7-8-15/h10-11,15,18H,3-9H2,1-2H3. The molecular formula is C16H24FN. The molecule has 1 aromatic rings. The molecule has 1 nitrogen and oxygen atoms in total. The summed E-state index contributed by atoms with van der Waals surface area (Å²) in [6, 6.07) is 4.13. The van der Waals surface area contributed by atoms with Gasteiger partial charge in [0, 0.05) is 6.04 Å². The second-order valence-corrected chi connectivity index (χ2v) is 5.56. The van der Waals surface area contributed by atoms with Crippen molar-refractivity contribution < 1.29 is 4.39 Å². The lowest BCUT2D eigenvalue weighted by molar-refractivity contribution is 0.597. The first-order valence-electron chi connectivity index (χ1n) is 7.16. The van der Waals surface area contributed by atoms with Gasteiger partial charge in [-0.25, -0.2) is 4.39 Å². The molecule has 1 aliphatic carbocycles. The fourth-order valence-corrected chi connectivity index (χ4v) is 2.53. The van der Waals surface area contributed by atoms with Crippen molar-refractivity contribution in [1.29, 1.82) is 0 Å². The van der Waals surface area contributed by atoms with E-state index < -0.39 is 0 Å². The van der Waals surface area contributed by atoms with Crippen molar-refractivity contribution in [2.45, 2.75) is 58.4 Å². The van der Waals surface area contributed by atoms with Crippen molar-refractivity contribution in [2.24, 2.45) is 0 Å². The third-order valence-electron chi connectivity index (χ3n) is 3.77. The normalized spacial score (nSPS) is 15.1. The number of rotatable bonds is 7. The molecule has 2 rings (SSSR count). The zero-order valence-corrected chi connectivity index (χ0v) is 11.6. The van der Waals surface area contributed by atoms with Crippen LogP contribution in [0.25, 0.3) is 0 Å². The fourth-order valence-electron chi connectivity index (χ4n) is 2.53. The van der Waals surface area contributed by atoms with Crippen LogP contribution in [0.2, 0.25) is 0 Å². The molecule has 100 valence electrons. The Labute approximate surface area is 110 Å². The topological polar surface area (TPSA) is 12.0 Å². The summed E-state index contributed by atoms with van der Waals surface area (Å²) in [6.45, 7) is 5.19. The fraction of sp³-hybridized carbons (Fsp3) is 0.625. The lowest BCUT2D eigenvalue weighted by Gasteiger charge is -2.10. The van der Waals surface area contributed by atoms with Gasteiger partial charge < -0.3 is 5.32 Å². The van der Waals surface area contributed by atoms with Crippen LogP contribution < -0.4 is 5.32 Å². The highest BCUT2D eigenvalue weighted by Crippen LogP contribution is 2.20. The number of nitrogens with one attached hydrogen (secondary N) is 1. The minimum Gasteiger partial charge on any atom is -0.314 e. The molecule has 0 bridgehead atoms. The maximum atomic E-state index is 13.2. The van der Waals surface area contributed by atoms with Crippen LogP contribution in [0.15, 0.2) is 12.1 Å². The first-order chi connectivity index (χ1) is 8.66. The molecule has 2 heteroatoms. The van der Waals surface area contributed by atoms with Gasteiger partial charge in [0.2, 0.25) is 0 Å². The van der Waals surface area contributed by atoms with E-state index in [1.54, 1.807) is 12.1 Å². The van der Waals surface area contributed by atoms with E-state index in [1.165, 1.54) is 37.7 Å². The zero-order valence-electron chi connectivity index (χ0n) is 11.6. The second-order valence-electron chi connectivity index (χ2n) is 5.56. The third-order valence-corrected chi connectivity index (χ3v) is 3.77. The van der Waals surface area contributed by atoms with E-state index in [1.807, 2.05) is 13.8 Å². The highest BCUT2D eigenvalue weighted by Gasteiger charge is 2.19. The highest BCUT2D eigenvalue weighted by molar-refractivity contribution is 5.34. The quantitative estimate of drug-likeness (QED) is 0.722. The zero-order chi connectivity index (χ0) is 13.0. The van der Waals surface area contributed by atoms with Crippen molar-refractivity contribution in [2.75, 3.05) is 6.54 Å². The van der Waals surface area contributed by atoms with Gasteiger partial charge in [-0.2, -0.15) is 0 Å². The number of hydrogen-bond donors (Lipinski definition) is 1. The van der Waals surface area contributed by atoms with Gasteiger partial charge >= 0.3 is 0 Å². The van der Waals surface area contributed by atoms with Crippen molar-refractivity contribution in [1.82, 2.24) is 5.32 Å². The Balaban J connectivity index is 1.68. The Bertz CT molecular complexity index is 373. The molecule has 0 spiro atoms. The summed E-state index contributed by atoms with van der Waals surface area (Å²) in [5.74, 6) is -0.109. The van der Waals surface area contributed by atoms with Crippen LogP contribution in [-0.2, 0) is 6.42 Å². The molecule has 0 saturated heterocycles. The van der Waals surface area contributed by atoms with Crippen LogP contribution in [0.4, 0.5) is 4.39 Å². The Morgan fingerprint density at radius 1 is 1.11 bits per heavy atom. The van der Waals surface area contributed by atoms with E-state index >= 15 is 0 Å². The van der Waals surface area contributed by atoms with Crippen molar-refractivity contribution >= 4 is 0 Å². The number of benzene rings is 1. The van der Waals surface area contributed by atoms with E-state index in [0.29, 0.717) is 0 Å². The smallest absolute Gasteiger partial charge is 0.123 e. The summed E-state index contributed by atoms with van der Waals surface area (Å²) < 4.78 is 13.2. The van der Waals surface area contributed by atoms with Gasteiger partial charge in [-0.15, -0.1) is 0 Å². The van der Waals surface area contributed by atoms with Crippen LogP contribution in [0, 0.1) is 19.7 Å². The van der Waals surface area contributed by atoms with Crippen molar-refractivity contribution in [3.05, 3.63) is 34.6 Å². The number of halogens is 1. The summed E-state index contributed by atoms with van der Waals surface area (Å²) >= 11 is 0. The minimum absolute atomic E-state index is 0.109. The summed E-state index contributed by atoms with van der Waals surface area (Å²) in [4.78, 5) is 0. The molecule has 1 N–H and O–H groups in total. The molecule has 1 aliphatic rings. The van der Waals surface area contributed by atoms with Gasteiger partial charge in [-0.3, -0.25) is 0 Å². The molecule has 0 atom stereocenters. The van der Waals surface area contributed by atoms with Gasteiger partial charge in [-0.05, 0) is 81.3 Å². The first kappa shape index (κ1) is 13.5. The van der Waals surface area contributed by atoms with Crippen molar-refractivity contribution in [3.8, 4) is 0 Å². The number of aryl methyl sites for hydroxylation is 2. The van der Waals surface area contributed by atoms with E-state index in [4.69, 9.17) is 0 Å². The Morgan fingerprint density at radius 2 is 1.78 bits per heavy atom. The molecule has 0 aliphatic heterocycles. The molecule has 1 aromatic carbocycles. The molecule has 0 radical (unpaired) electrons. The van der Waals surface area contributed by atoms with E-state index in [2.05, 4.69) is 5.32 Å². The minimum atomic E-state index is -0.109. The Kier molecular flexibility index (Phi) is 4.76. The average Bonchev–Trinajstić information content (AvgIpc) is 3.09. The SMILES string of the molecule is Cc1cc(F)cc(C)c1CCCCCNC1CC1. The Morgan fingerprint density at radius 3 is 2.39 bits per heavy atom. The molecule has 0 amide bonds. The maximum absolute atomic E-state index is 13.2. The molecule has 0 aromatic heterocycles. The van der Waals surface area contributed by atoms with E-state index in [9.17, 15) is 4.39 Å². The lowest BCUT2D eigenvalue weighted by Crippen LogP contribution is -2.17.